The van der Waals surface area contributed by atoms with E-state index < -0.39 is 0 Å². The molecule has 0 aromatic heterocycles. The lowest BCUT2D eigenvalue weighted by molar-refractivity contribution is 0.0953. The molecule has 0 radical (unpaired) electrons. The Kier molecular flexibility index (Phi) is 11.0. The van der Waals surface area contributed by atoms with Gasteiger partial charge in [-0.1, -0.05) is 51.5 Å². The number of carbonyl (C=O) groups excluding carboxylic acids is 1. The van der Waals surface area contributed by atoms with Crippen LogP contribution in [0.3, 0.4) is 0 Å². The Hall–Kier alpha value is -0.850. The summed E-state index contributed by atoms with van der Waals surface area (Å²) in [6.07, 6.45) is 4.46. The Labute approximate surface area is 150 Å². The van der Waals surface area contributed by atoms with E-state index in [4.69, 9.17) is 0 Å². The van der Waals surface area contributed by atoms with Crippen molar-refractivity contribution in [1.82, 2.24) is 9.44 Å². The molecule has 1 atom stereocenters. The van der Waals surface area contributed by atoms with E-state index in [1.165, 1.54) is 6.42 Å². The van der Waals surface area contributed by atoms with Crippen molar-refractivity contribution in [3.8, 4) is 0 Å². The zero-order valence-electron chi connectivity index (χ0n) is 14.1. The highest BCUT2D eigenvalue weighted by Gasteiger charge is 2.05. The summed E-state index contributed by atoms with van der Waals surface area (Å²) in [7, 11) is 0. The molecule has 0 saturated carbocycles. The fourth-order valence-electron chi connectivity index (χ4n) is 2.14. The molecule has 1 aromatic rings. The van der Waals surface area contributed by atoms with Crippen LogP contribution in [0.25, 0.3) is 0 Å². The minimum atomic E-state index is 0.0116. The third-order valence-corrected chi connectivity index (χ3v) is 4.86. The van der Waals surface area contributed by atoms with Crippen molar-refractivity contribution in [1.29, 1.82) is 0 Å². The van der Waals surface area contributed by atoms with E-state index in [0.717, 1.165) is 49.4 Å². The smallest absolute Gasteiger partial charge is 0.251 e. The fourth-order valence-corrected chi connectivity index (χ4v) is 2.89. The van der Waals surface area contributed by atoms with Gasteiger partial charge in [-0.2, -0.15) is 0 Å². The molecule has 1 amide bonds. The molecule has 6 heteroatoms. The molecule has 0 heterocycles. The molecular weight excluding hydrogens is 326 g/mol. The number of amides is 1. The van der Waals surface area contributed by atoms with Crippen LogP contribution in [-0.4, -0.2) is 24.7 Å². The van der Waals surface area contributed by atoms with Crippen molar-refractivity contribution in [3.05, 3.63) is 29.8 Å². The molecule has 0 spiro atoms. The van der Waals surface area contributed by atoms with E-state index in [1.54, 1.807) is 11.9 Å². The lowest BCUT2D eigenvalue weighted by Gasteiger charge is -2.12. The van der Waals surface area contributed by atoms with Gasteiger partial charge in [0.15, 0.2) is 0 Å². The Morgan fingerprint density at radius 3 is 2.61 bits per heavy atom. The van der Waals surface area contributed by atoms with E-state index in [-0.39, 0.29) is 5.91 Å². The Morgan fingerprint density at radius 1 is 1.22 bits per heavy atom. The molecule has 4 nitrogen and oxygen atoms in total. The van der Waals surface area contributed by atoms with Gasteiger partial charge in [0.05, 0.1) is 0 Å². The van der Waals surface area contributed by atoms with Crippen LogP contribution in [0.1, 0.15) is 49.9 Å². The highest BCUT2D eigenvalue weighted by atomic mass is 32.2. The number of carbonyl (C=O) groups is 1. The van der Waals surface area contributed by atoms with Gasteiger partial charge < -0.3 is 10.6 Å². The predicted molar refractivity (Wildman–Crippen MR) is 105 cm³/mol. The molecule has 0 fully saturated rings. The summed E-state index contributed by atoms with van der Waals surface area (Å²) in [5.74, 6) is 1.68. The topological polar surface area (TPSA) is 53.2 Å². The summed E-state index contributed by atoms with van der Waals surface area (Å²) in [5.41, 5.74) is 1.77. The first kappa shape index (κ1) is 20.2. The lowest BCUT2D eigenvalue weighted by atomic mass is 10.1. The summed E-state index contributed by atoms with van der Waals surface area (Å²) >= 11 is 5.58. The van der Waals surface area contributed by atoms with Gasteiger partial charge in [0.25, 0.3) is 5.91 Å². The summed E-state index contributed by atoms with van der Waals surface area (Å²) in [6, 6.07) is 7.69. The summed E-state index contributed by atoms with van der Waals surface area (Å²) in [5, 5.41) is 6.35. The predicted octanol–water partition coefficient (Wildman–Crippen LogP) is 4.13. The van der Waals surface area contributed by atoms with Gasteiger partial charge >= 0.3 is 0 Å². The minimum absolute atomic E-state index is 0.0116. The molecule has 0 aliphatic carbocycles. The van der Waals surface area contributed by atoms with E-state index >= 15 is 0 Å². The Balaban J connectivity index is 2.28. The average Bonchev–Trinajstić information content (AvgIpc) is 2.57. The second-order valence-electron chi connectivity index (χ2n) is 5.76. The van der Waals surface area contributed by atoms with Crippen molar-refractivity contribution in [2.45, 2.75) is 39.5 Å². The maximum atomic E-state index is 12.0. The molecular formula is C17H29N3OS2. The van der Waals surface area contributed by atoms with Gasteiger partial charge in [-0.15, -0.1) is 0 Å². The van der Waals surface area contributed by atoms with Crippen molar-refractivity contribution >= 4 is 36.4 Å². The standard InChI is InChI=1S/C17H29N3OS2/c1-3-4-5-11-19-17(21)15-6-8-16(9-7-15)18-12-10-14(2)13-23-20-22/h6-9,14,18,20,22H,3-5,10-13H2,1-2H3,(H,19,21). The van der Waals surface area contributed by atoms with E-state index in [0.29, 0.717) is 5.92 Å². The number of hydrogen-bond acceptors (Lipinski definition) is 5. The first-order valence-corrected chi connectivity index (χ1v) is 9.73. The number of thiol groups is 1. The molecule has 0 saturated heterocycles. The van der Waals surface area contributed by atoms with Crippen molar-refractivity contribution in [2.75, 3.05) is 24.2 Å². The number of hydrogen-bond donors (Lipinski definition) is 4. The summed E-state index contributed by atoms with van der Waals surface area (Å²) in [4.78, 5) is 12.0. The number of benzene rings is 1. The number of nitrogens with one attached hydrogen (secondary N) is 3. The van der Waals surface area contributed by atoms with Crippen LogP contribution in [0.4, 0.5) is 5.69 Å². The molecule has 0 bridgehead atoms. The van der Waals surface area contributed by atoms with Crippen LogP contribution in [0.2, 0.25) is 0 Å². The van der Waals surface area contributed by atoms with Crippen molar-refractivity contribution in [2.24, 2.45) is 5.92 Å². The maximum Gasteiger partial charge on any atom is 0.251 e. The van der Waals surface area contributed by atoms with Gasteiger partial charge in [-0.3, -0.25) is 4.79 Å². The fraction of sp³-hybridized carbons (Fsp3) is 0.588. The molecule has 0 aliphatic rings. The first-order valence-electron chi connectivity index (χ1n) is 8.30. The van der Waals surface area contributed by atoms with Gasteiger partial charge in [0, 0.05) is 30.1 Å². The molecule has 23 heavy (non-hydrogen) atoms. The number of rotatable bonds is 12. The number of anilines is 1. The van der Waals surface area contributed by atoms with Crippen LogP contribution in [0.15, 0.2) is 24.3 Å². The highest BCUT2D eigenvalue weighted by Crippen LogP contribution is 2.12. The SMILES string of the molecule is CCCCCNC(=O)c1ccc(NCCC(C)CSNS)cc1. The Morgan fingerprint density at radius 2 is 1.96 bits per heavy atom. The summed E-state index contributed by atoms with van der Waals surface area (Å²) in [6.45, 7) is 6.07. The zero-order chi connectivity index (χ0) is 16.9. The molecule has 3 N–H and O–H groups in total. The van der Waals surface area contributed by atoms with Crippen LogP contribution in [0, 0.1) is 5.92 Å². The zero-order valence-corrected chi connectivity index (χ0v) is 15.8. The van der Waals surface area contributed by atoms with Crippen molar-refractivity contribution in [3.63, 3.8) is 0 Å². The third kappa shape index (κ3) is 9.13. The maximum absolute atomic E-state index is 12.0. The van der Waals surface area contributed by atoms with Crippen LogP contribution in [0.5, 0.6) is 0 Å². The van der Waals surface area contributed by atoms with Gasteiger partial charge in [0.1, 0.15) is 0 Å². The Bertz CT molecular complexity index is 440. The van der Waals surface area contributed by atoms with Crippen molar-refractivity contribution < 1.29 is 4.79 Å². The molecule has 0 aliphatic heterocycles. The van der Waals surface area contributed by atoms with E-state index in [2.05, 4.69) is 41.4 Å². The largest absolute Gasteiger partial charge is 0.385 e. The van der Waals surface area contributed by atoms with Gasteiger partial charge in [-0.05, 0) is 43.0 Å². The van der Waals surface area contributed by atoms with Crippen LogP contribution < -0.4 is 14.8 Å². The quantitative estimate of drug-likeness (QED) is 0.259. The lowest BCUT2D eigenvalue weighted by Crippen LogP contribution is -2.24. The normalized spacial score (nSPS) is 12.0. The molecule has 130 valence electrons. The summed E-state index contributed by atoms with van der Waals surface area (Å²) < 4.78 is 2.80. The minimum Gasteiger partial charge on any atom is -0.385 e. The average molecular weight is 356 g/mol. The highest BCUT2D eigenvalue weighted by molar-refractivity contribution is 8.06. The molecule has 1 rings (SSSR count). The van der Waals surface area contributed by atoms with Crippen LogP contribution in [-0.2, 0) is 0 Å². The molecule has 1 unspecified atom stereocenters. The van der Waals surface area contributed by atoms with Crippen LogP contribution >= 0.6 is 24.8 Å². The monoisotopic (exact) mass is 355 g/mol. The molecule has 1 aromatic carbocycles. The van der Waals surface area contributed by atoms with Gasteiger partial charge in [-0.25, -0.2) is 4.13 Å². The second kappa shape index (κ2) is 12.6. The second-order valence-corrected chi connectivity index (χ2v) is 7.12. The first-order chi connectivity index (χ1) is 11.2. The van der Waals surface area contributed by atoms with E-state index in [9.17, 15) is 4.79 Å². The third-order valence-electron chi connectivity index (χ3n) is 3.61. The van der Waals surface area contributed by atoms with E-state index in [1.807, 2.05) is 24.3 Å². The number of unbranched alkanes of at least 4 members (excludes halogenated alkanes) is 2. The van der Waals surface area contributed by atoms with Gasteiger partial charge in [0.2, 0.25) is 0 Å².